The van der Waals surface area contributed by atoms with Crippen LogP contribution in [0.3, 0.4) is 0 Å². The van der Waals surface area contributed by atoms with Gasteiger partial charge in [0.2, 0.25) is 5.91 Å². The minimum atomic E-state index is -0.366. The lowest BCUT2D eigenvalue weighted by Gasteiger charge is -2.32. The molecule has 3 aliphatic heterocycles. The highest BCUT2D eigenvalue weighted by atomic mass is 19.1. The average Bonchev–Trinajstić information content (AvgIpc) is 2.84. The predicted molar refractivity (Wildman–Crippen MR) is 125 cm³/mol. The molecule has 0 N–H and O–H groups in total. The van der Waals surface area contributed by atoms with Gasteiger partial charge >= 0.3 is 0 Å². The molecule has 8 heteroatoms. The molecule has 1 fully saturated rings. The fourth-order valence-corrected chi connectivity index (χ4v) is 4.61. The van der Waals surface area contributed by atoms with Crippen molar-refractivity contribution >= 4 is 23.2 Å². The summed E-state index contributed by atoms with van der Waals surface area (Å²) in [6, 6.07) is 5.63. The summed E-state index contributed by atoms with van der Waals surface area (Å²) in [5.74, 6) is 1.92. The Morgan fingerprint density at radius 2 is 1.97 bits per heavy atom. The van der Waals surface area contributed by atoms with E-state index in [1.54, 1.807) is 4.90 Å². The summed E-state index contributed by atoms with van der Waals surface area (Å²) in [6.07, 6.45) is 7.55. The number of likely N-dealkylation sites (tertiary alicyclic amines) is 1. The van der Waals surface area contributed by atoms with Crippen molar-refractivity contribution in [3.05, 3.63) is 46.9 Å². The number of aliphatic imine (C=N–C) groups is 1. The Morgan fingerprint density at radius 1 is 1.24 bits per heavy atom. The third-order valence-electron chi connectivity index (χ3n) is 6.53. The Labute approximate surface area is 198 Å². The van der Waals surface area contributed by atoms with Crippen molar-refractivity contribution in [2.24, 2.45) is 10.9 Å². The van der Waals surface area contributed by atoms with Crippen molar-refractivity contribution < 1.29 is 23.5 Å². The molecule has 0 unspecified atom stereocenters. The average molecular weight is 466 g/mol. The first-order valence-corrected chi connectivity index (χ1v) is 11.6. The first-order chi connectivity index (χ1) is 16.4. The maximum absolute atomic E-state index is 13.1. The fraction of sp³-hybridized carbons (Fsp3) is 0.462. The molecule has 1 amide bonds. The predicted octanol–water partition coefficient (Wildman–Crippen LogP) is 2.27. The van der Waals surface area contributed by atoms with E-state index in [1.165, 1.54) is 24.3 Å². The number of nitrogens with zero attached hydrogens (tertiary/aromatic N) is 3. The van der Waals surface area contributed by atoms with Crippen LogP contribution in [-0.4, -0.2) is 78.9 Å². The third-order valence-corrected chi connectivity index (χ3v) is 6.53. The van der Waals surface area contributed by atoms with Gasteiger partial charge in [-0.3, -0.25) is 24.3 Å². The van der Waals surface area contributed by atoms with Crippen molar-refractivity contribution in [2.45, 2.75) is 25.7 Å². The van der Waals surface area contributed by atoms with Crippen LogP contribution in [0.4, 0.5) is 4.39 Å². The minimum Gasteiger partial charge on any atom is -0.376 e. The van der Waals surface area contributed by atoms with Gasteiger partial charge in [0.1, 0.15) is 5.82 Å². The Hall–Kier alpha value is -3.15. The van der Waals surface area contributed by atoms with E-state index >= 15 is 0 Å². The Kier molecular flexibility index (Phi) is 7.66. The molecule has 0 atom stereocenters. The zero-order valence-corrected chi connectivity index (χ0v) is 19.1. The van der Waals surface area contributed by atoms with Gasteiger partial charge in [-0.15, -0.1) is 6.42 Å². The second-order valence-electron chi connectivity index (χ2n) is 8.88. The zero-order valence-electron chi connectivity index (χ0n) is 19.1. The van der Waals surface area contributed by atoms with Crippen LogP contribution in [0.1, 0.15) is 36.0 Å². The van der Waals surface area contributed by atoms with Crippen molar-refractivity contribution in [3.8, 4) is 12.3 Å². The van der Waals surface area contributed by atoms with E-state index in [-0.39, 0.29) is 55.3 Å². The molecule has 4 rings (SSSR count). The smallest absolute Gasteiger partial charge is 0.237 e. The van der Waals surface area contributed by atoms with Crippen LogP contribution in [0, 0.1) is 24.1 Å². The lowest BCUT2D eigenvalue weighted by atomic mass is 9.89. The van der Waals surface area contributed by atoms with Gasteiger partial charge in [0.15, 0.2) is 11.6 Å². The van der Waals surface area contributed by atoms with E-state index in [0.29, 0.717) is 62.4 Å². The van der Waals surface area contributed by atoms with Crippen LogP contribution in [0.25, 0.3) is 0 Å². The van der Waals surface area contributed by atoms with Crippen LogP contribution in [-0.2, 0) is 14.3 Å². The van der Waals surface area contributed by atoms with Crippen molar-refractivity contribution in [1.82, 2.24) is 9.80 Å². The number of Topliss-reactive ketones (excluding diaryl/α,β-unsaturated/α-hetero) is 2. The molecule has 34 heavy (non-hydrogen) atoms. The highest BCUT2D eigenvalue weighted by molar-refractivity contribution is 6.13. The number of ether oxygens (including phenoxy) is 1. The van der Waals surface area contributed by atoms with E-state index < -0.39 is 0 Å². The number of piperidine rings is 1. The van der Waals surface area contributed by atoms with E-state index in [4.69, 9.17) is 11.2 Å². The van der Waals surface area contributed by atoms with Gasteiger partial charge < -0.3 is 9.64 Å². The molecule has 0 spiro atoms. The molecule has 0 radical (unpaired) electrons. The highest BCUT2D eigenvalue weighted by Crippen LogP contribution is 2.24. The quantitative estimate of drug-likeness (QED) is 0.456. The number of halogens is 1. The number of hydrogen-bond donors (Lipinski definition) is 0. The Bertz CT molecular complexity index is 1060. The molecule has 178 valence electrons. The molecule has 0 saturated carbocycles. The van der Waals surface area contributed by atoms with E-state index in [1.807, 2.05) is 4.90 Å². The van der Waals surface area contributed by atoms with Crippen molar-refractivity contribution in [2.75, 3.05) is 45.9 Å². The van der Waals surface area contributed by atoms with Gasteiger partial charge in [0, 0.05) is 29.2 Å². The number of hydrogen-bond acceptors (Lipinski definition) is 6. The van der Waals surface area contributed by atoms with Gasteiger partial charge in [0.25, 0.3) is 0 Å². The van der Waals surface area contributed by atoms with Crippen LogP contribution in [0.15, 0.2) is 40.5 Å². The van der Waals surface area contributed by atoms with Crippen LogP contribution < -0.4 is 0 Å². The number of carbonyl (C=O) groups excluding carboxylic acids is 3. The Balaban J connectivity index is 1.32. The number of terminal acetylenes is 1. The monoisotopic (exact) mass is 465 g/mol. The molecule has 1 saturated heterocycles. The molecular formula is C26H28FN3O4. The van der Waals surface area contributed by atoms with Gasteiger partial charge in [-0.1, -0.05) is 5.92 Å². The largest absolute Gasteiger partial charge is 0.376 e. The standard InChI is InChI=1S/C26H28FN3O4/c1-2-10-30(15-21-14-24(31)22-17-34-13-9-23(22)28-21)25(32)16-29-11-7-19(8-12-29)26(33)18-3-5-20(27)6-4-18/h1,3-6,19H,7-17H2. The summed E-state index contributed by atoms with van der Waals surface area (Å²) >= 11 is 0. The van der Waals surface area contributed by atoms with Crippen molar-refractivity contribution in [3.63, 3.8) is 0 Å². The normalized spacial score (nSPS) is 19.3. The molecule has 1 aromatic rings. The Morgan fingerprint density at radius 3 is 2.68 bits per heavy atom. The van der Waals surface area contributed by atoms with Gasteiger partial charge in [0.05, 0.1) is 45.0 Å². The molecular weight excluding hydrogens is 437 g/mol. The number of benzene rings is 1. The van der Waals surface area contributed by atoms with Gasteiger partial charge in [-0.2, -0.15) is 0 Å². The highest BCUT2D eigenvalue weighted by Gasteiger charge is 2.30. The topological polar surface area (TPSA) is 79.3 Å². The molecule has 3 aliphatic rings. The lowest BCUT2D eigenvalue weighted by molar-refractivity contribution is -0.131. The van der Waals surface area contributed by atoms with Crippen molar-refractivity contribution in [1.29, 1.82) is 0 Å². The second-order valence-corrected chi connectivity index (χ2v) is 8.88. The van der Waals surface area contributed by atoms with E-state index in [0.717, 1.165) is 5.70 Å². The molecule has 1 aromatic carbocycles. The maximum atomic E-state index is 13.1. The maximum Gasteiger partial charge on any atom is 0.237 e. The lowest BCUT2D eigenvalue weighted by Crippen LogP contribution is -2.46. The summed E-state index contributed by atoms with van der Waals surface area (Å²) in [7, 11) is 0. The fourth-order valence-electron chi connectivity index (χ4n) is 4.61. The molecule has 0 bridgehead atoms. The zero-order chi connectivity index (χ0) is 24.1. The number of amides is 1. The third kappa shape index (κ3) is 5.66. The number of ketones is 2. The first kappa shape index (κ1) is 24.0. The summed E-state index contributed by atoms with van der Waals surface area (Å²) in [6.45, 7) is 2.63. The minimum absolute atomic E-state index is 0.000649. The van der Waals surface area contributed by atoms with Crippen LogP contribution in [0.2, 0.25) is 0 Å². The summed E-state index contributed by atoms with van der Waals surface area (Å²) in [5.41, 5.74) is 2.57. The second kappa shape index (κ2) is 10.9. The summed E-state index contributed by atoms with van der Waals surface area (Å²) in [4.78, 5) is 46.4. The molecule has 0 aromatic heterocycles. The molecule has 0 aliphatic carbocycles. The van der Waals surface area contributed by atoms with Crippen LogP contribution >= 0.6 is 0 Å². The first-order valence-electron chi connectivity index (χ1n) is 11.6. The SMILES string of the molecule is C#CCN(CC1=NC2=C(COCC2)C(=O)C1)C(=O)CN1CCC(C(=O)c2ccc(F)cc2)CC1. The van der Waals surface area contributed by atoms with Gasteiger partial charge in [-0.05, 0) is 50.2 Å². The number of carbonyl (C=O) groups is 3. The molecule has 3 heterocycles. The van der Waals surface area contributed by atoms with E-state index in [2.05, 4.69) is 10.9 Å². The summed E-state index contributed by atoms with van der Waals surface area (Å²) in [5, 5.41) is 0. The summed E-state index contributed by atoms with van der Waals surface area (Å²) < 4.78 is 18.5. The van der Waals surface area contributed by atoms with E-state index in [9.17, 15) is 18.8 Å². The van der Waals surface area contributed by atoms with Gasteiger partial charge in [-0.25, -0.2) is 4.39 Å². The molecule has 7 nitrogen and oxygen atoms in total. The van der Waals surface area contributed by atoms with Crippen LogP contribution in [0.5, 0.6) is 0 Å². The number of rotatable bonds is 7.